The third kappa shape index (κ3) is 3.93. The van der Waals surface area contributed by atoms with Crippen molar-refractivity contribution in [3.63, 3.8) is 0 Å². The van der Waals surface area contributed by atoms with Crippen LogP contribution < -0.4 is 5.32 Å². The average Bonchev–Trinajstić information content (AvgIpc) is 2.61. The summed E-state index contributed by atoms with van der Waals surface area (Å²) in [5, 5.41) is 3.79. The van der Waals surface area contributed by atoms with Crippen LogP contribution in [-0.2, 0) is 4.74 Å². The summed E-state index contributed by atoms with van der Waals surface area (Å²) in [4.78, 5) is 2.62. The Balaban J connectivity index is 2.04. The Morgan fingerprint density at radius 1 is 1.11 bits per heavy atom. The van der Waals surface area contributed by atoms with Crippen LogP contribution in [0.15, 0.2) is 0 Å². The lowest BCUT2D eigenvalue weighted by Gasteiger charge is -2.49. The van der Waals surface area contributed by atoms with Crippen LogP contribution >= 0.6 is 0 Å². The van der Waals surface area contributed by atoms with Crippen molar-refractivity contribution in [3.8, 4) is 0 Å². The summed E-state index contributed by atoms with van der Waals surface area (Å²) >= 11 is 0. The number of rotatable bonds is 4. The van der Waals surface area contributed by atoms with Gasteiger partial charge in [0.1, 0.15) is 0 Å². The SMILES string of the molecule is CCCC1(CN2CC(C)(C)OC(C)(C)C2)CCCN1. The van der Waals surface area contributed by atoms with Crippen molar-refractivity contribution in [1.82, 2.24) is 10.2 Å². The maximum absolute atomic E-state index is 6.19. The summed E-state index contributed by atoms with van der Waals surface area (Å²) in [6.45, 7) is 15.6. The number of nitrogens with one attached hydrogen (secondary N) is 1. The van der Waals surface area contributed by atoms with Gasteiger partial charge in [0.2, 0.25) is 0 Å². The molecule has 1 atom stereocenters. The van der Waals surface area contributed by atoms with Crippen molar-refractivity contribution < 1.29 is 4.74 Å². The lowest BCUT2D eigenvalue weighted by atomic mass is 9.89. The van der Waals surface area contributed by atoms with Crippen LogP contribution in [0.1, 0.15) is 60.3 Å². The fraction of sp³-hybridized carbons (Fsp3) is 1.00. The fourth-order valence-electron chi connectivity index (χ4n) is 4.26. The molecular formula is C16H32N2O. The van der Waals surface area contributed by atoms with E-state index < -0.39 is 0 Å². The van der Waals surface area contributed by atoms with Crippen molar-refractivity contribution in [2.24, 2.45) is 0 Å². The monoisotopic (exact) mass is 268 g/mol. The molecule has 2 aliphatic rings. The molecule has 0 spiro atoms. The number of hydrogen-bond donors (Lipinski definition) is 1. The molecule has 19 heavy (non-hydrogen) atoms. The molecule has 0 aromatic carbocycles. The first-order valence-corrected chi connectivity index (χ1v) is 7.94. The molecule has 0 saturated carbocycles. The van der Waals surface area contributed by atoms with Crippen molar-refractivity contribution in [1.29, 1.82) is 0 Å². The van der Waals surface area contributed by atoms with Crippen LogP contribution in [0.3, 0.4) is 0 Å². The first-order valence-electron chi connectivity index (χ1n) is 7.94. The topological polar surface area (TPSA) is 24.5 Å². The van der Waals surface area contributed by atoms with Crippen LogP contribution in [0.2, 0.25) is 0 Å². The molecule has 0 amide bonds. The van der Waals surface area contributed by atoms with E-state index in [-0.39, 0.29) is 11.2 Å². The molecule has 3 nitrogen and oxygen atoms in total. The van der Waals surface area contributed by atoms with Gasteiger partial charge in [0.15, 0.2) is 0 Å². The highest BCUT2D eigenvalue weighted by Crippen LogP contribution is 2.32. The van der Waals surface area contributed by atoms with Crippen molar-refractivity contribution in [2.75, 3.05) is 26.2 Å². The van der Waals surface area contributed by atoms with E-state index in [0.717, 1.165) is 13.1 Å². The third-order valence-corrected chi connectivity index (χ3v) is 4.35. The zero-order valence-electron chi connectivity index (χ0n) is 13.5. The quantitative estimate of drug-likeness (QED) is 0.848. The highest BCUT2D eigenvalue weighted by atomic mass is 16.5. The summed E-state index contributed by atoms with van der Waals surface area (Å²) in [6, 6.07) is 0. The van der Waals surface area contributed by atoms with Gasteiger partial charge in [0.05, 0.1) is 11.2 Å². The second-order valence-electron chi connectivity index (χ2n) is 7.83. The summed E-state index contributed by atoms with van der Waals surface area (Å²) in [5.41, 5.74) is 0.291. The normalized spacial score (nSPS) is 34.6. The second kappa shape index (κ2) is 5.34. The van der Waals surface area contributed by atoms with Gasteiger partial charge in [0, 0.05) is 25.2 Å². The van der Waals surface area contributed by atoms with Gasteiger partial charge in [-0.2, -0.15) is 0 Å². The smallest absolute Gasteiger partial charge is 0.0760 e. The van der Waals surface area contributed by atoms with Gasteiger partial charge < -0.3 is 10.1 Å². The number of ether oxygens (including phenoxy) is 1. The molecule has 0 aliphatic carbocycles. The second-order valence-corrected chi connectivity index (χ2v) is 7.83. The van der Waals surface area contributed by atoms with Crippen molar-refractivity contribution >= 4 is 0 Å². The minimum absolute atomic E-state index is 0.0340. The molecule has 3 heteroatoms. The molecule has 0 aromatic heterocycles. The van der Waals surface area contributed by atoms with Gasteiger partial charge in [-0.15, -0.1) is 0 Å². The van der Waals surface area contributed by atoms with E-state index in [4.69, 9.17) is 4.74 Å². The van der Waals surface area contributed by atoms with Crippen LogP contribution in [0, 0.1) is 0 Å². The van der Waals surface area contributed by atoms with Gasteiger partial charge in [-0.25, -0.2) is 0 Å². The van der Waals surface area contributed by atoms with Gasteiger partial charge in [-0.1, -0.05) is 13.3 Å². The molecule has 2 heterocycles. The van der Waals surface area contributed by atoms with E-state index in [0.29, 0.717) is 5.54 Å². The Hall–Kier alpha value is -0.120. The molecule has 0 radical (unpaired) electrons. The van der Waals surface area contributed by atoms with Crippen LogP contribution in [0.5, 0.6) is 0 Å². The highest BCUT2D eigenvalue weighted by molar-refractivity contribution is 4.98. The molecule has 0 aromatic rings. The predicted molar refractivity (Wildman–Crippen MR) is 80.6 cm³/mol. The number of morpholine rings is 1. The maximum atomic E-state index is 6.19. The molecule has 112 valence electrons. The lowest BCUT2D eigenvalue weighted by molar-refractivity contribution is -0.183. The maximum Gasteiger partial charge on any atom is 0.0760 e. The van der Waals surface area contributed by atoms with E-state index in [9.17, 15) is 0 Å². The average molecular weight is 268 g/mol. The molecule has 1 unspecified atom stereocenters. The van der Waals surface area contributed by atoms with Crippen molar-refractivity contribution in [3.05, 3.63) is 0 Å². The standard InChI is InChI=1S/C16H32N2O/c1-6-8-16(9-7-10-17-16)13-18-11-14(2,3)19-15(4,5)12-18/h17H,6-13H2,1-5H3. The van der Waals surface area contributed by atoms with Gasteiger partial charge in [-0.3, -0.25) is 4.90 Å². The Bertz CT molecular complexity index is 290. The summed E-state index contributed by atoms with van der Waals surface area (Å²) in [5.74, 6) is 0. The summed E-state index contributed by atoms with van der Waals surface area (Å²) in [6.07, 6.45) is 5.23. The summed E-state index contributed by atoms with van der Waals surface area (Å²) in [7, 11) is 0. The Kier molecular flexibility index (Phi) is 4.29. The highest BCUT2D eigenvalue weighted by Gasteiger charge is 2.42. The minimum atomic E-state index is -0.0340. The molecule has 1 N–H and O–H groups in total. The number of hydrogen-bond acceptors (Lipinski definition) is 3. The predicted octanol–water partition coefficient (Wildman–Crippen LogP) is 2.80. The molecule has 0 bridgehead atoms. The molecule has 2 saturated heterocycles. The minimum Gasteiger partial charge on any atom is -0.367 e. The largest absolute Gasteiger partial charge is 0.367 e. The molecule has 2 aliphatic heterocycles. The first kappa shape index (κ1) is 15.3. The first-order chi connectivity index (χ1) is 8.76. The third-order valence-electron chi connectivity index (χ3n) is 4.35. The van der Waals surface area contributed by atoms with Gasteiger partial charge >= 0.3 is 0 Å². The van der Waals surface area contributed by atoms with E-state index in [1.165, 1.54) is 38.8 Å². The van der Waals surface area contributed by atoms with Crippen LogP contribution in [0.25, 0.3) is 0 Å². The van der Waals surface area contributed by atoms with E-state index >= 15 is 0 Å². The van der Waals surface area contributed by atoms with Gasteiger partial charge in [0.25, 0.3) is 0 Å². The molecule has 2 fully saturated rings. The molecule has 2 rings (SSSR count). The van der Waals surface area contributed by atoms with Crippen LogP contribution in [0.4, 0.5) is 0 Å². The zero-order valence-corrected chi connectivity index (χ0v) is 13.5. The van der Waals surface area contributed by atoms with Crippen molar-refractivity contribution in [2.45, 2.75) is 77.0 Å². The van der Waals surface area contributed by atoms with E-state index in [1.54, 1.807) is 0 Å². The zero-order chi connectivity index (χ0) is 14.1. The van der Waals surface area contributed by atoms with Gasteiger partial charge in [-0.05, 0) is 53.5 Å². The fourth-order valence-corrected chi connectivity index (χ4v) is 4.26. The van der Waals surface area contributed by atoms with E-state index in [1.807, 2.05) is 0 Å². The Morgan fingerprint density at radius 2 is 1.74 bits per heavy atom. The Labute approximate surface area is 119 Å². The van der Waals surface area contributed by atoms with E-state index in [2.05, 4.69) is 44.8 Å². The number of nitrogens with zero attached hydrogens (tertiary/aromatic N) is 1. The summed E-state index contributed by atoms with van der Waals surface area (Å²) < 4.78 is 6.19. The van der Waals surface area contributed by atoms with Crippen LogP contribution in [-0.4, -0.2) is 47.8 Å². The Morgan fingerprint density at radius 3 is 2.21 bits per heavy atom. The molecular weight excluding hydrogens is 236 g/mol. The lowest BCUT2D eigenvalue weighted by Crippen LogP contribution is -2.61.